The van der Waals surface area contributed by atoms with Crippen LogP contribution >= 0.6 is 0 Å². The molecule has 1 aromatic carbocycles. The molecule has 0 spiro atoms. The molecule has 0 N–H and O–H groups in total. The van der Waals surface area contributed by atoms with E-state index in [1.54, 1.807) is 6.07 Å². The first-order chi connectivity index (χ1) is 10.4. The summed E-state index contributed by atoms with van der Waals surface area (Å²) in [6, 6.07) is 5.30. The van der Waals surface area contributed by atoms with E-state index in [1.165, 1.54) is 18.2 Å². The molecule has 22 heavy (non-hydrogen) atoms. The fraction of sp³-hybridized carbons (Fsp3) is 0.533. The molecular formula is C15H17F3O4. The summed E-state index contributed by atoms with van der Waals surface area (Å²) >= 11 is 0. The monoisotopic (exact) mass is 318 g/mol. The lowest BCUT2D eigenvalue weighted by atomic mass is 10.1. The van der Waals surface area contributed by atoms with E-state index in [0.29, 0.717) is 12.0 Å². The Bertz CT molecular complexity index is 496. The lowest BCUT2D eigenvalue weighted by Crippen LogP contribution is -2.17. The minimum absolute atomic E-state index is 0.0966. The summed E-state index contributed by atoms with van der Waals surface area (Å²) in [5, 5.41) is 0. The highest BCUT2D eigenvalue weighted by molar-refractivity contribution is 5.72. The average molecular weight is 318 g/mol. The molecule has 1 fully saturated rings. The molecule has 0 bridgehead atoms. The van der Waals surface area contributed by atoms with Gasteiger partial charge in [0.2, 0.25) is 0 Å². The van der Waals surface area contributed by atoms with Crippen LogP contribution in [0.4, 0.5) is 13.2 Å². The highest BCUT2D eigenvalue weighted by Crippen LogP contribution is 2.23. The first kappa shape index (κ1) is 16.6. The molecule has 0 aliphatic carbocycles. The maximum absolute atomic E-state index is 12.1. The Morgan fingerprint density at radius 2 is 2.18 bits per heavy atom. The number of hydrogen-bond acceptors (Lipinski definition) is 4. The molecule has 1 atom stereocenters. The van der Waals surface area contributed by atoms with Crippen LogP contribution in [0.5, 0.6) is 5.75 Å². The molecule has 0 unspecified atom stereocenters. The van der Waals surface area contributed by atoms with Gasteiger partial charge in [-0.1, -0.05) is 12.1 Å². The van der Waals surface area contributed by atoms with E-state index >= 15 is 0 Å². The van der Waals surface area contributed by atoms with E-state index in [-0.39, 0.29) is 24.9 Å². The van der Waals surface area contributed by atoms with Crippen molar-refractivity contribution in [3.05, 3.63) is 29.8 Å². The lowest BCUT2D eigenvalue weighted by Gasteiger charge is -2.11. The molecule has 1 aromatic rings. The van der Waals surface area contributed by atoms with Gasteiger partial charge in [-0.3, -0.25) is 4.79 Å². The molecule has 2 rings (SSSR count). The Labute approximate surface area is 126 Å². The SMILES string of the molecule is O=C(Cc1cccc(OC(F)(F)F)c1)OCC[C@@H]1CCCO1. The third-order valence-corrected chi connectivity index (χ3v) is 3.21. The second-order valence-electron chi connectivity index (χ2n) is 5.02. The van der Waals surface area contributed by atoms with E-state index in [9.17, 15) is 18.0 Å². The molecular weight excluding hydrogens is 301 g/mol. The van der Waals surface area contributed by atoms with Gasteiger partial charge >= 0.3 is 12.3 Å². The molecule has 7 heteroatoms. The van der Waals surface area contributed by atoms with Crippen molar-refractivity contribution < 1.29 is 32.2 Å². The van der Waals surface area contributed by atoms with Crippen molar-refractivity contribution in [1.29, 1.82) is 0 Å². The van der Waals surface area contributed by atoms with Crippen LogP contribution in [0.25, 0.3) is 0 Å². The highest BCUT2D eigenvalue weighted by Gasteiger charge is 2.31. The molecule has 0 radical (unpaired) electrons. The van der Waals surface area contributed by atoms with Crippen LogP contribution in [0.2, 0.25) is 0 Å². The van der Waals surface area contributed by atoms with Gasteiger partial charge in [0.1, 0.15) is 5.75 Å². The third kappa shape index (κ3) is 5.93. The van der Waals surface area contributed by atoms with Crippen molar-refractivity contribution >= 4 is 5.97 Å². The van der Waals surface area contributed by atoms with Gasteiger partial charge < -0.3 is 14.2 Å². The Kier molecular flexibility index (Phi) is 5.65. The largest absolute Gasteiger partial charge is 0.573 e. The summed E-state index contributed by atoms with van der Waals surface area (Å²) in [6.07, 6.45) is -2.08. The van der Waals surface area contributed by atoms with Crippen molar-refractivity contribution in [1.82, 2.24) is 0 Å². The van der Waals surface area contributed by atoms with Crippen molar-refractivity contribution in [3.8, 4) is 5.75 Å². The number of esters is 1. The fourth-order valence-electron chi connectivity index (χ4n) is 2.25. The summed E-state index contributed by atoms with van der Waals surface area (Å²) in [5.41, 5.74) is 0.406. The number of carbonyl (C=O) groups is 1. The number of benzene rings is 1. The highest BCUT2D eigenvalue weighted by atomic mass is 19.4. The summed E-state index contributed by atoms with van der Waals surface area (Å²) in [6.45, 7) is 0.993. The molecule has 1 heterocycles. The summed E-state index contributed by atoms with van der Waals surface area (Å²) in [4.78, 5) is 11.7. The zero-order chi connectivity index (χ0) is 16.0. The van der Waals surface area contributed by atoms with Gasteiger partial charge in [-0.15, -0.1) is 13.2 Å². The topological polar surface area (TPSA) is 44.8 Å². The van der Waals surface area contributed by atoms with Gasteiger partial charge in [0.15, 0.2) is 0 Å². The van der Waals surface area contributed by atoms with E-state index in [4.69, 9.17) is 9.47 Å². The second-order valence-corrected chi connectivity index (χ2v) is 5.02. The number of hydrogen-bond donors (Lipinski definition) is 0. The minimum Gasteiger partial charge on any atom is -0.465 e. The predicted octanol–water partition coefficient (Wildman–Crippen LogP) is 3.24. The van der Waals surface area contributed by atoms with Crippen LogP contribution in [0.1, 0.15) is 24.8 Å². The van der Waals surface area contributed by atoms with Crippen molar-refractivity contribution in [3.63, 3.8) is 0 Å². The first-order valence-electron chi connectivity index (χ1n) is 7.04. The fourth-order valence-corrected chi connectivity index (χ4v) is 2.25. The van der Waals surface area contributed by atoms with Gasteiger partial charge in [0.05, 0.1) is 19.1 Å². The van der Waals surface area contributed by atoms with Gasteiger partial charge in [-0.05, 0) is 30.5 Å². The van der Waals surface area contributed by atoms with Gasteiger partial charge in [-0.25, -0.2) is 0 Å². The summed E-state index contributed by atoms with van der Waals surface area (Å²) < 4.78 is 50.6. The van der Waals surface area contributed by atoms with Crippen LogP contribution in [-0.4, -0.2) is 31.6 Å². The number of halogens is 3. The molecule has 0 amide bonds. The normalized spacial score (nSPS) is 18.2. The van der Waals surface area contributed by atoms with Gasteiger partial charge in [0.25, 0.3) is 0 Å². The summed E-state index contributed by atoms with van der Waals surface area (Å²) in [7, 11) is 0. The van der Waals surface area contributed by atoms with E-state index in [2.05, 4.69) is 4.74 Å². The van der Waals surface area contributed by atoms with Crippen LogP contribution in [-0.2, 0) is 20.7 Å². The Morgan fingerprint density at radius 1 is 1.36 bits per heavy atom. The van der Waals surface area contributed by atoms with Crippen molar-refractivity contribution in [2.24, 2.45) is 0 Å². The molecule has 1 aliphatic rings. The Balaban J connectivity index is 1.77. The van der Waals surface area contributed by atoms with Crippen molar-refractivity contribution in [2.45, 2.75) is 38.1 Å². The van der Waals surface area contributed by atoms with Crippen LogP contribution < -0.4 is 4.74 Å². The number of carbonyl (C=O) groups excluding carboxylic acids is 1. The zero-order valence-electron chi connectivity index (χ0n) is 11.9. The third-order valence-electron chi connectivity index (χ3n) is 3.21. The smallest absolute Gasteiger partial charge is 0.465 e. The van der Waals surface area contributed by atoms with E-state index in [1.807, 2.05) is 0 Å². The van der Waals surface area contributed by atoms with Crippen LogP contribution in [0.15, 0.2) is 24.3 Å². The Morgan fingerprint density at radius 3 is 2.86 bits per heavy atom. The standard InChI is InChI=1S/C15H17F3O4/c16-15(17,18)22-13-4-1-3-11(9-13)10-14(19)21-8-6-12-5-2-7-20-12/h1,3-4,9,12H,2,5-8,10H2/t12-/m0/s1. The zero-order valence-corrected chi connectivity index (χ0v) is 11.9. The van der Waals surface area contributed by atoms with E-state index < -0.39 is 12.3 Å². The summed E-state index contributed by atoms with van der Waals surface area (Å²) in [5.74, 6) is -0.834. The molecule has 122 valence electrons. The molecule has 4 nitrogen and oxygen atoms in total. The van der Waals surface area contributed by atoms with Crippen LogP contribution in [0, 0.1) is 0 Å². The molecule has 0 aromatic heterocycles. The minimum atomic E-state index is -4.75. The molecule has 1 aliphatic heterocycles. The maximum atomic E-state index is 12.1. The number of alkyl halides is 3. The van der Waals surface area contributed by atoms with E-state index in [0.717, 1.165) is 19.4 Å². The first-order valence-corrected chi connectivity index (χ1v) is 7.04. The quantitative estimate of drug-likeness (QED) is 0.755. The molecule has 0 saturated carbocycles. The van der Waals surface area contributed by atoms with Gasteiger partial charge in [-0.2, -0.15) is 0 Å². The number of ether oxygens (including phenoxy) is 3. The van der Waals surface area contributed by atoms with Crippen LogP contribution in [0.3, 0.4) is 0 Å². The average Bonchev–Trinajstić information content (AvgIpc) is 2.90. The van der Waals surface area contributed by atoms with Gasteiger partial charge in [0, 0.05) is 13.0 Å². The van der Waals surface area contributed by atoms with Crippen molar-refractivity contribution in [2.75, 3.05) is 13.2 Å². The maximum Gasteiger partial charge on any atom is 0.573 e. The number of rotatable bonds is 6. The second kappa shape index (κ2) is 7.49. The Hall–Kier alpha value is -1.76. The molecule has 1 saturated heterocycles. The predicted molar refractivity (Wildman–Crippen MR) is 71.4 cm³/mol. The lowest BCUT2D eigenvalue weighted by molar-refractivity contribution is -0.274.